The van der Waals surface area contributed by atoms with Gasteiger partial charge in [-0.3, -0.25) is 9.59 Å². The second kappa shape index (κ2) is 7.59. The molecule has 2 aromatic rings. The highest BCUT2D eigenvalue weighted by Crippen LogP contribution is 2.22. The minimum atomic E-state index is -0.389. The number of nitrogens with zero attached hydrogens (tertiary/aromatic N) is 3. The summed E-state index contributed by atoms with van der Waals surface area (Å²) >= 11 is 0. The van der Waals surface area contributed by atoms with Gasteiger partial charge in [-0.2, -0.15) is 9.78 Å². The average molecular weight is 343 g/mol. The number of rotatable bonds is 4. The fourth-order valence-electron chi connectivity index (χ4n) is 3.34. The molecular formula is C19H22FN3O2. The predicted molar refractivity (Wildman–Crippen MR) is 93.4 cm³/mol. The molecule has 1 amide bonds. The van der Waals surface area contributed by atoms with E-state index in [1.54, 1.807) is 0 Å². The van der Waals surface area contributed by atoms with Crippen LogP contribution in [0.15, 0.2) is 41.2 Å². The van der Waals surface area contributed by atoms with Crippen molar-refractivity contribution in [1.82, 2.24) is 14.7 Å². The van der Waals surface area contributed by atoms with E-state index in [9.17, 15) is 14.0 Å². The SMILES string of the molecule is CCCC1CCCCN1C(=O)c1ccc(=O)n(-c2ccc(F)cc2)n1. The van der Waals surface area contributed by atoms with Crippen molar-refractivity contribution in [3.05, 3.63) is 58.3 Å². The van der Waals surface area contributed by atoms with Gasteiger partial charge >= 0.3 is 0 Å². The highest BCUT2D eigenvalue weighted by atomic mass is 19.1. The summed E-state index contributed by atoms with van der Waals surface area (Å²) in [6.45, 7) is 2.84. The molecule has 0 bridgehead atoms. The third kappa shape index (κ3) is 3.78. The second-order valence-corrected chi connectivity index (χ2v) is 6.38. The summed E-state index contributed by atoms with van der Waals surface area (Å²) in [5, 5.41) is 4.23. The normalized spacial score (nSPS) is 17.5. The van der Waals surface area contributed by atoms with E-state index in [0.29, 0.717) is 5.69 Å². The van der Waals surface area contributed by atoms with Crippen molar-refractivity contribution in [1.29, 1.82) is 0 Å². The molecule has 1 atom stereocenters. The molecule has 1 aromatic carbocycles. The van der Waals surface area contributed by atoms with E-state index in [1.807, 2.05) is 4.90 Å². The standard InChI is InChI=1S/C19H22FN3O2/c1-2-5-15-6-3-4-13-22(15)19(25)17-11-12-18(24)23(21-17)16-9-7-14(20)8-10-16/h7-12,15H,2-6,13H2,1H3. The molecule has 0 aliphatic carbocycles. The molecule has 0 N–H and O–H groups in total. The minimum Gasteiger partial charge on any atom is -0.334 e. The van der Waals surface area contributed by atoms with Crippen LogP contribution in [0.4, 0.5) is 4.39 Å². The number of carbonyl (C=O) groups excluding carboxylic acids is 1. The molecule has 3 rings (SSSR count). The van der Waals surface area contributed by atoms with Gasteiger partial charge in [-0.1, -0.05) is 13.3 Å². The van der Waals surface area contributed by atoms with Gasteiger partial charge in [0.15, 0.2) is 0 Å². The van der Waals surface area contributed by atoms with Crippen LogP contribution in [0.2, 0.25) is 0 Å². The first kappa shape index (κ1) is 17.3. The second-order valence-electron chi connectivity index (χ2n) is 6.38. The van der Waals surface area contributed by atoms with E-state index < -0.39 is 0 Å². The zero-order valence-electron chi connectivity index (χ0n) is 14.3. The monoisotopic (exact) mass is 343 g/mol. The lowest BCUT2D eigenvalue weighted by molar-refractivity contribution is 0.0592. The summed E-state index contributed by atoms with van der Waals surface area (Å²) in [6.07, 6.45) is 5.14. The molecule has 1 aliphatic rings. The minimum absolute atomic E-state index is 0.144. The number of hydrogen-bond acceptors (Lipinski definition) is 3. The Morgan fingerprint density at radius 3 is 2.68 bits per heavy atom. The summed E-state index contributed by atoms with van der Waals surface area (Å²) in [4.78, 5) is 26.9. The van der Waals surface area contributed by atoms with Gasteiger partial charge in [0.05, 0.1) is 5.69 Å². The molecule has 1 aromatic heterocycles. The van der Waals surface area contributed by atoms with Crippen LogP contribution in [0.1, 0.15) is 49.5 Å². The van der Waals surface area contributed by atoms with Crippen molar-refractivity contribution in [2.24, 2.45) is 0 Å². The van der Waals surface area contributed by atoms with Crippen molar-refractivity contribution in [3.63, 3.8) is 0 Å². The van der Waals surface area contributed by atoms with Crippen molar-refractivity contribution >= 4 is 5.91 Å². The topological polar surface area (TPSA) is 55.2 Å². The van der Waals surface area contributed by atoms with Gasteiger partial charge < -0.3 is 4.90 Å². The largest absolute Gasteiger partial charge is 0.334 e. The van der Waals surface area contributed by atoms with E-state index in [4.69, 9.17) is 0 Å². The number of carbonyl (C=O) groups is 1. The molecule has 1 unspecified atom stereocenters. The molecule has 25 heavy (non-hydrogen) atoms. The van der Waals surface area contributed by atoms with Crippen LogP contribution in [0.25, 0.3) is 5.69 Å². The van der Waals surface area contributed by atoms with E-state index >= 15 is 0 Å². The van der Waals surface area contributed by atoms with Crippen LogP contribution >= 0.6 is 0 Å². The Hall–Kier alpha value is -2.50. The van der Waals surface area contributed by atoms with Crippen LogP contribution in [0, 0.1) is 5.82 Å². The van der Waals surface area contributed by atoms with Gasteiger partial charge in [-0.15, -0.1) is 0 Å². The number of hydrogen-bond donors (Lipinski definition) is 0. The lowest BCUT2D eigenvalue weighted by Gasteiger charge is -2.35. The Kier molecular flexibility index (Phi) is 5.26. The molecular weight excluding hydrogens is 321 g/mol. The van der Waals surface area contributed by atoms with Crippen molar-refractivity contribution < 1.29 is 9.18 Å². The summed E-state index contributed by atoms with van der Waals surface area (Å²) in [6, 6.07) is 8.52. The van der Waals surface area contributed by atoms with Gasteiger partial charge in [0.2, 0.25) is 0 Å². The molecule has 6 heteroatoms. The van der Waals surface area contributed by atoms with Crippen LogP contribution in [0.3, 0.4) is 0 Å². The maximum absolute atomic E-state index is 13.1. The zero-order valence-corrected chi connectivity index (χ0v) is 14.3. The van der Waals surface area contributed by atoms with Crippen LogP contribution in [-0.2, 0) is 0 Å². The Labute approximate surface area is 146 Å². The van der Waals surface area contributed by atoms with Gasteiger partial charge in [-0.05, 0) is 56.0 Å². The summed E-state index contributed by atoms with van der Waals surface area (Å²) < 4.78 is 14.2. The molecule has 0 spiro atoms. The molecule has 1 aliphatic heterocycles. The molecule has 2 heterocycles. The van der Waals surface area contributed by atoms with Crippen molar-refractivity contribution in [2.45, 2.75) is 45.1 Å². The van der Waals surface area contributed by atoms with Crippen molar-refractivity contribution in [2.75, 3.05) is 6.54 Å². The van der Waals surface area contributed by atoms with Gasteiger partial charge in [0, 0.05) is 18.7 Å². The quantitative estimate of drug-likeness (QED) is 0.857. The first-order chi connectivity index (χ1) is 12.1. The number of amides is 1. The number of likely N-dealkylation sites (tertiary alicyclic amines) is 1. The Morgan fingerprint density at radius 2 is 1.96 bits per heavy atom. The maximum atomic E-state index is 13.1. The lowest BCUT2D eigenvalue weighted by atomic mass is 9.98. The summed E-state index contributed by atoms with van der Waals surface area (Å²) in [5.74, 6) is -0.534. The highest BCUT2D eigenvalue weighted by Gasteiger charge is 2.28. The van der Waals surface area contributed by atoms with Gasteiger partial charge in [0.25, 0.3) is 11.5 Å². The zero-order chi connectivity index (χ0) is 17.8. The Morgan fingerprint density at radius 1 is 1.20 bits per heavy atom. The van der Waals surface area contributed by atoms with Crippen LogP contribution < -0.4 is 5.56 Å². The fourth-order valence-corrected chi connectivity index (χ4v) is 3.34. The maximum Gasteiger partial charge on any atom is 0.274 e. The molecule has 5 nitrogen and oxygen atoms in total. The van der Waals surface area contributed by atoms with Crippen molar-refractivity contribution in [3.8, 4) is 5.69 Å². The fraction of sp³-hybridized carbons (Fsp3) is 0.421. The lowest BCUT2D eigenvalue weighted by Crippen LogP contribution is -2.44. The summed E-state index contributed by atoms with van der Waals surface area (Å²) in [7, 11) is 0. The van der Waals surface area contributed by atoms with Gasteiger partial charge in [0.1, 0.15) is 11.5 Å². The summed E-state index contributed by atoms with van der Waals surface area (Å²) in [5.41, 5.74) is 0.323. The van der Waals surface area contributed by atoms with E-state index in [2.05, 4.69) is 12.0 Å². The smallest absolute Gasteiger partial charge is 0.274 e. The number of aromatic nitrogens is 2. The Bertz CT molecular complexity index is 799. The van der Waals surface area contributed by atoms with Crippen LogP contribution in [-0.4, -0.2) is 33.2 Å². The Balaban J connectivity index is 1.92. The molecule has 1 saturated heterocycles. The average Bonchev–Trinajstić information content (AvgIpc) is 2.63. The molecule has 0 saturated carbocycles. The van der Waals surface area contributed by atoms with E-state index in [1.165, 1.54) is 36.4 Å². The van der Waals surface area contributed by atoms with E-state index in [0.717, 1.165) is 43.3 Å². The number of benzene rings is 1. The number of halogens is 1. The first-order valence-electron chi connectivity index (χ1n) is 8.77. The third-order valence-corrected chi connectivity index (χ3v) is 4.60. The molecule has 132 valence electrons. The van der Waals surface area contributed by atoms with E-state index in [-0.39, 0.29) is 29.0 Å². The number of piperidine rings is 1. The molecule has 0 radical (unpaired) electrons. The van der Waals surface area contributed by atoms with Crippen LogP contribution in [0.5, 0.6) is 0 Å². The third-order valence-electron chi connectivity index (χ3n) is 4.60. The molecule has 1 fully saturated rings. The highest BCUT2D eigenvalue weighted by molar-refractivity contribution is 5.92. The first-order valence-corrected chi connectivity index (χ1v) is 8.77. The van der Waals surface area contributed by atoms with Gasteiger partial charge in [-0.25, -0.2) is 4.39 Å². The predicted octanol–water partition coefficient (Wildman–Crippen LogP) is 3.17.